The Morgan fingerprint density at radius 3 is 2.29 bits per heavy atom. The first-order chi connectivity index (χ1) is 16.5. The van der Waals surface area contributed by atoms with Crippen LogP contribution in [0.5, 0.6) is 0 Å². The first-order valence-corrected chi connectivity index (χ1v) is 11.0. The summed E-state index contributed by atoms with van der Waals surface area (Å²) >= 11 is 0. The van der Waals surface area contributed by atoms with Crippen molar-refractivity contribution in [2.45, 2.75) is 26.4 Å². The Balaban J connectivity index is 1.45. The van der Waals surface area contributed by atoms with Gasteiger partial charge in [-0.3, -0.25) is 9.59 Å². The van der Waals surface area contributed by atoms with Gasteiger partial charge in [-0.1, -0.05) is 54.1 Å². The van der Waals surface area contributed by atoms with Crippen LogP contribution in [0.2, 0.25) is 0 Å². The Bertz CT molecular complexity index is 1250. The lowest BCUT2D eigenvalue weighted by Gasteiger charge is -2.22. The maximum Gasteiger partial charge on any atom is 0.294 e. The molecule has 0 aliphatic carbocycles. The molecule has 1 heterocycles. The maximum atomic E-state index is 13.1. The molecule has 1 aromatic heterocycles. The zero-order chi connectivity index (χ0) is 23.9. The van der Waals surface area contributed by atoms with E-state index in [0.29, 0.717) is 18.8 Å². The van der Waals surface area contributed by atoms with Crippen LogP contribution in [0.15, 0.2) is 95.6 Å². The molecule has 0 atom stereocenters. The van der Waals surface area contributed by atoms with Gasteiger partial charge in [-0.25, -0.2) is 4.39 Å². The number of rotatable bonds is 8. The van der Waals surface area contributed by atoms with Gasteiger partial charge in [0.05, 0.1) is 19.2 Å². The van der Waals surface area contributed by atoms with Gasteiger partial charge in [0.15, 0.2) is 5.76 Å². The molecular weight excluding hydrogens is 431 g/mol. The first kappa shape index (κ1) is 23.0. The Kier molecular flexibility index (Phi) is 7.18. The number of furan rings is 1. The minimum Gasteiger partial charge on any atom is -0.459 e. The molecule has 3 aromatic carbocycles. The number of halogens is 1. The second kappa shape index (κ2) is 10.6. The van der Waals surface area contributed by atoms with Gasteiger partial charge in [0.1, 0.15) is 5.82 Å². The largest absolute Gasteiger partial charge is 0.459 e. The third kappa shape index (κ3) is 5.98. The molecule has 34 heavy (non-hydrogen) atoms. The fourth-order valence-corrected chi connectivity index (χ4v) is 3.65. The van der Waals surface area contributed by atoms with E-state index >= 15 is 0 Å². The molecule has 172 valence electrons. The molecule has 0 radical (unpaired) electrons. The van der Waals surface area contributed by atoms with Gasteiger partial charge in [0.2, 0.25) is 5.91 Å². The van der Waals surface area contributed by atoms with Crippen molar-refractivity contribution in [3.63, 3.8) is 0 Å². The molecule has 5 nitrogen and oxygen atoms in total. The highest BCUT2D eigenvalue weighted by Gasteiger charge is 2.20. The fourth-order valence-electron chi connectivity index (χ4n) is 3.65. The number of aryl methyl sites for hydroxylation is 1. The number of anilines is 1. The van der Waals surface area contributed by atoms with Gasteiger partial charge in [0.25, 0.3) is 5.91 Å². The van der Waals surface area contributed by atoms with E-state index in [1.807, 2.05) is 55.5 Å². The molecular formula is C28H25FN2O3. The van der Waals surface area contributed by atoms with Crippen LogP contribution in [0.4, 0.5) is 10.1 Å². The zero-order valence-electron chi connectivity index (χ0n) is 18.8. The number of amides is 2. The number of hydrogen-bond acceptors (Lipinski definition) is 3. The van der Waals surface area contributed by atoms with Gasteiger partial charge in [-0.2, -0.15) is 0 Å². The van der Waals surface area contributed by atoms with Gasteiger partial charge in [0, 0.05) is 12.2 Å². The van der Waals surface area contributed by atoms with Crippen LogP contribution in [-0.4, -0.2) is 11.8 Å². The van der Waals surface area contributed by atoms with Crippen molar-refractivity contribution in [3.8, 4) is 0 Å². The van der Waals surface area contributed by atoms with E-state index in [9.17, 15) is 14.0 Å². The molecule has 0 saturated heterocycles. The highest BCUT2D eigenvalue weighted by Crippen LogP contribution is 2.22. The van der Waals surface area contributed by atoms with Gasteiger partial charge in [-0.05, 0) is 60.0 Å². The van der Waals surface area contributed by atoms with Crippen LogP contribution < -0.4 is 10.2 Å². The number of benzene rings is 3. The van der Waals surface area contributed by atoms with Crippen molar-refractivity contribution < 1.29 is 18.4 Å². The van der Waals surface area contributed by atoms with Crippen molar-refractivity contribution >= 4 is 17.5 Å². The monoisotopic (exact) mass is 456 g/mol. The summed E-state index contributed by atoms with van der Waals surface area (Å²) in [6.45, 7) is 2.73. The normalized spacial score (nSPS) is 10.6. The van der Waals surface area contributed by atoms with E-state index in [1.165, 1.54) is 18.4 Å². The van der Waals surface area contributed by atoms with Crippen LogP contribution in [0.3, 0.4) is 0 Å². The smallest absolute Gasteiger partial charge is 0.294 e. The SMILES string of the molecule is Cc1cccc(CN(C(=O)c2ccco2)c2ccc(CC(=O)NCc3ccc(F)cc3)cc2)c1. The van der Waals surface area contributed by atoms with E-state index in [-0.39, 0.29) is 29.8 Å². The van der Waals surface area contributed by atoms with E-state index in [4.69, 9.17) is 4.42 Å². The van der Waals surface area contributed by atoms with Crippen LogP contribution in [-0.2, 0) is 24.3 Å². The number of nitrogens with zero attached hydrogens (tertiary/aromatic N) is 1. The molecule has 0 fully saturated rings. The van der Waals surface area contributed by atoms with Crippen LogP contribution in [0.1, 0.15) is 32.8 Å². The highest BCUT2D eigenvalue weighted by molar-refractivity contribution is 6.04. The summed E-state index contributed by atoms with van der Waals surface area (Å²) in [6, 6.07) is 24.7. The van der Waals surface area contributed by atoms with Gasteiger partial charge < -0.3 is 14.6 Å². The third-order valence-electron chi connectivity index (χ3n) is 5.42. The van der Waals surface area contributed by atoms with Crippen LogP contribution in [0, 0.1) is 12.7 Å². The number of carbonyl (C=O) groups excluding carboxylic acids is 2. The number of carbonyl (C=O) groups is 2. The average molecular weight is 457 g/mol. The van der Waals surface area contributed by atoms with E-state index in [1.54, 1.807) is 29.2 Å². The quantitative estimate of drug-likeness (QED) is 0.384. The summed E-state index contributed by atoms with van der Waals surface area (Å²) in [5.74, 6) is -0.425. The maximum absolute atomic E-state index is 13.1. The number of nitrogens with one attached hydrogen (secondary N) is 1. The molecule has 0 aliphatic rings. The van der Waals surface area contributed by atoms with Crippen molar-refractivity contribution in [3.05, 3.63) is 125 Å². The lowest BCUT2D eigenvalue weighted by atomic mass is 10.1. The molecule has 2 amide bonds. The lowest BCUT2D eigenvalue weighted by molar-refractivity contribution is -0.120. The highest BCUT2D eigenvalue weighted by atomic mass is 19.1. The zero-order valence-corrected chi connectivity index (χ0v) is 18.8. The van der Waals surface area contributed by atoms with Gasteiger partial charge >= 0.3 is 0 Å². The van der Waals surface area contributed by atoms with Crippen molar-refractivity contribution in [1.29, 1.82) is 0 Å². The predicted octanol–water partition coefficient (Wildman–Crippen LogP) is 5.43. The summed E-state index contributed by atoms with van der Waals surface area (Å²) < 4.78 is 18.4. The topological polar surface area (TPSA) is 62.6 Å². The molecule has 4 rings (SSSR count). The molecule has 0 saturated carbocycles. The minimum atomic E-state index is -0.308. The average Bonchev–Trinajstić information content (AvgIpc) is 3.38. The summed E-state index contributed by atoms with van der Waals surface area (Å²) in [4.78, 5) is 27.1. The fraction of sp³-hybridized carbons (Fsp3) is 0.143. The van der Waals surface area contributed by atoms with E-state index in [0.717, 1.165) is 22.3 Å². The second-order valence-electron chi connectivity index (χ2n) is 8.10. The summed E-state index contributed by atoms with van der Waals surface area (Å²) in [5, 5.41) is 2.84. The Morgan fingerprint density at radius 2 is 1.62 bits per heavy atom. The molecule has 4 aromatic rings. The van der Waals surface area contributed by atoms with E-state index in [2.05, 4.69) is 5.32 Å². The van der Waals surface area contributed by atoms with E-state index < -0.39 is 0 Å². The molecule has 1 N–H and O–H groups in total. The lowest BCUT2D eigenvalue weighted by Crippen LogP contribution is -2.30. The van der Waals surface area contributed by atoms with Crippen molar-refractivity contribution in [2.24, 2.45) is 0 Å². The first-order valence-electron chi connectivity index (χ1n) is 11.0. The summed E-state index contributed by atoms with van der Waals surface area (Å²) in [7, 11) is 0. The number of hydrogen-bond donors (Lipinski definition) is 1. The third-order valence-corrected chi connectivity index (χ3v) is 5.42. The molecule has 0 bridgehead atoms. The molecule has 0 spiro atoms. The van der Waals surface area contributed by atoms with Crippen LogP contribution >= 0.6 is 0 Å². The Morgan fingerprint density at radius 1 is 0.882 bits per heavy atom. The minimum absolute atomic E-state index is 0.139. The Hall–Kier alpha value is -4.19. The summed E-state index contributed by atoms with van der Waals surface area (Å²) in [5.41, 5.74) is 4.47. The molecule has 0 unspecified atom stereocenters. The van der Waals surface area contributed by atoms with Crippen molar-refractivity contribution in [2.75, 3.05) is 4.90 Å². The van der Waals surface area contributed by atoms with Crippen molar-refractivity contribution in [1.82, 2.24) is 5.32 Å². The standard InChI is InChI=1S/C28H25FN2O3/c1-20-4-2-5-23(16-20)19-31(28(33)26-6-3-15-34-26)25-13-9-21(10-14-25)17-27(32)30-18-22-7-11-24(29)12-8-22/h2-16H,17-19H2,1H3,(H,30,32). The molecule has 0 aliphatic heterocycles. The Labute approximate surface area is 197 Å². The second-order valence-corrected chi connectivity index (χ2v) is 8.10. The predicted molar refractivity (Wildman–Crippen MR) is 129 cm³/mol. The molecule has 6 heteroatoms. The van der Waals surface area contributed by atoms with Crippen LogP contribution in [0.25, 0.3) is 0 Å². The van der Waals surface area contributed by atoms with Gasteiger partial charge in [-0.15, -0.1) is 0 Å². The summed E-state index contributed by atoms with van der Waals surface area (Å²) in [6.07, 6.45) is 1.68.